The van der Waals surface area contributed by atoms with Crippen molar-refractivity contribution >= 4 is 0 Å². The summed E-state index contributed by atoms with van der Waals surface area (Å²) < 4.78 is 2.35. The van der Waals surface area contributed by atoms with Crippen LogP contribution in [0.15, 0.2) is 0 Å². The molecule has 2 aliphatic heterocycles. The normalized spacial score (nSPS) is 25.2. The topological polar surface area (TPSA) is 20.2 Å². The number of piperidine rings is 2. The third-order valence-corrected chi connectivity index (χ3v) is 7.00. The standard InChI is InChI=1S/C20H42N2O/c1-3-21(16-10-6-11-17-21)15-9-5-8-14-20(23)22(4-2)18-12-7-13-19-22/h20,23H,3-19H2,1-2H3/q+2. The molecule has 0 aliphatic carbocycles. The van der Waals surface area contributed by atoms with Crippen LogP contribution in [0.3, 0.4) is 0 Å². The first-order chi connectivity index (χ1) is 11.2. The molecule has 0 spiro atoms. The van der Waals surface area contributed by atoms with Crippen LogP contribution in [-0.4, -0.2) is 66.1 Å². The Morgan fingerprint density at radius 1 is 0.739 bits per heavy atom. The smallest absolute Gasteiger partial charge is 0.190 e. The second-order valence-electron chi connectivity index (χ2n) is 8.26. The van der Waals surface area contributed by atoms with Gasteiger partial charge in [0.25, 0.3) is 0 Å². The largest absolute Gasteiger partial charge is 0.345 e. The van der Waals surface area contributed by atoms with Crippen LogP contribution in [0, 0.1) is 0 Å². The Labute approximate surface area is 144 Å². The second kappa shape index (κ2) is 9.39. The summed E-state index contributed by atoms with van der Waals surface area (Å²) in [6.45, 7) is 13.7. The first-order valence-corrected chi connectivity index (χ1v) is 10.6. The molecule has 23 heavy (non-hydrogen) atoms. The van der Waals surface area contributed by atoms with E-state index in [9.17, 15) is 5.11 Å². The van der Waals surface area contributed by atoms with Crippen LogP contribution >= 0.6 is 0 Å². The van der Waals surface area contributed by atoms with E-state index in [4.69, 9.17) is 0 Å². The van der Waals surface area contributed by atoms with Crippen molar-refractivity contribution in [1.82, 2.24) is 0 Å². The molecule has 2 saturated heterocycles. The average molecular weight is 327 g/mol. The highest BCUT2D eigenvalue weighted by molar-refractivity contribution is 4.58. The van der Waals surface area contributed by atoms with Gasteiger partial charge in [-0.25, -0.2) is 0 Å². The number of rotatable bonds is 9. The zero-order chi connectivity index (χ0) is 16.6. The minimum atomic E-state index is -0.107. The molecule has 1 atom stereocenters. The summed E-state index contributed by atoms with van der Waals surface area (Å²) >= 11 is 0. The van der Waals surface area contributed by atoms with E-state index < -0.39 is 0 Å². The Balaban J connectivity index is 1.66. The molecule has 2 rings (SSSR count). The molecule has 136 valence electrons. The lowest BCUT2D eigenvalue weighted by atomic mass is 10.0. The molecule has 0 saturated carbocycles. The van der Waals surface area contributed by atoms with Gasteiger partial charge in [0.15, 0.2) is 6.23 Å². The Morgan fingerprint density at radius 2 is 1.35 bits per heavy atom. The Kier molecular flexibility index (Phi) is 7.84. The summed E-state index contributed by atoms with van der Waals surface area (Å²) in [5, 5.41) is 10.7. The molecule has 2 fully saturated rings. The number of hydrogen-bond acceptors (Lipinski definition) is 1. The summed E-state index contributed by atoms with van der Waals surface area (Å²) in [4.78, 5) is 0. The molecule has 2 heterocycles. The lowest BCUT2D eigenvalue weighted by molar-refractivity contribution is -0.973. The van der Waals surface area contributed by atoms with E-state index in [0.29, 0.717) is 0 Å². The summed E-state index contributed by atoms with van der Waals surface area (Å²) in [6.07, 6.45) is 13.1. The van der Waals surface area contributed by atoms with Gasteiger partial charge in [-0.05, 0) is 71.6 Å². The Morgan fingerprint density at radius 3 is 1.91 bits per heavy atom. The van der Waals surface area contributed by atoms with Crippen molar-refractivity contribution in [2.75, 3.05) is 45.8 Å². The van der Waals surface area contributed by atoms with Crippen LogP contribution in [0.2, 0.25) is 0 Å². The third-order valence-electron chi connectivity index (χ3n) is 7.00. The van der Waals surface area contributed by atoms with Crippen LogP contribution in [0.5, 0.6) is 0 Å². The predicted octanol–water partition coefficient (Wildman–Crippen LogP) is 3.91. The van der Waals surface area contributed by atoms with Crippen molar-refractivity contribution in [2.24, 2.45) is 0 Å². The van der Waals surface area contributed by atoms with Crippen molar-refractivity contribution in [2.45, 2.75) is 84.3 Å². The van der Waals surface area contributed by atoms with Crippen LogP contribution in [0.1, 0.15) is 78.1 Å². The van der Waals surface area contributed by atoms with Gasteiger partial charge in [0, 0.05) is 6.42 Å². The molecule has 3 nitrogen and oxygen atoms in total. The van der Waals surface area contributed by atoms with E-state index in [1.165, 1.54) is 102 Å². The van der Waals surface area contributed by atoms with Crippen LogP contribution < -0.4 is 0 Å². The highest BCUT2D eigenvalue weighted by Crippen LogP contribution is 2.25. The van der Waals surface area contributed by atoms with E-state index in [-0.39, 0.29) is 6.23 Å². The first kappa shape index (κ1) is 19.2. The summed E-state index contributed by atoms with van der Waals surface area (Å²) in [5.74, 6) is 0. The number of quaternary nitrogens is 2. The van der Waals surface area contributed by atoms with Crippen molar-refractivity contribution in [1.29, 1.82) is 0 Å². The minimum absolute atomic E-state index is 0.107. The lowest BCUT2D eigenvalue weighted by Gasteiger charge is -2.44. The van der Waals surface area contributed by atoms with Gasteiger partial charge in [-0.1, -0.05) is 0 Å². The Bertz CT molecular complexity index is 320. The van der Waals surface area contributed by atoms with Crippen LogP contribution in [-0.2, 0) is 0 Å². The molecular formula is C20H42N2O+2. The van der Waals surface area contributed by atoms with Gasteiger partial charge in [0.1, 0.15) is 0 Å². The van der Waals surface area contributed by atoms with E-state index in [0.717, 1.165) is 17.4 Å². The molecule has 0 aromatic carbocycles. The van der Waals surface area contributed by atoms with Crippen LogP contribution in [0.4, 0.5) is 0 Å². The molecule has 0 aromatic heterocycles. The fourth-order valence-electron chi connectivity index (χ4n) is 5.07. The van der Waals surface area contributed by atoms with Gasteiger partial charge < -0.3 is 9.59 Å². The van der Waals surface area contributed by atoms with Crippen molar-refractivity contribution in [3.05, 3.63) is 0 Å². The molecule has 0 radical (unpaired) electrons. The van der Waals surface area contributed by atoms with E-state index in [1.807, 2.05) is 0 Å². The highest BCUT2D eigenvalue weighted by atomic mass is 16.3. The summed E-state index contributed by atoms with van der Waals surface area (Å²) in [5.41, 5.74) is 0. The molecule has 0 amide bonds. The van der Waals surface area contributed by atoms with Gasteiger partial charge >= 0.3 is 0 Å². The summed E-state index contributed by atoms with van der Waals surface area (Å²) in [7, 11) is 0. The van der Waals surface area contributed by atoms with Gasteiger partial charge in [-0.2, -0.15) is 0 Å². The van der Waals surface area contributed by atoms with Crippen LogP contribution in [0.25, 0.3) is 0 Å². The van der Waals surface area contributed by atoms with Crippen molar-refractivity contribution in [3.63, 3.8) is 0 Å². The van der Waals surface area contributed by atoms with Gasteiger partial charge in [-0.15, -0.1) is 0 Å². The zero-order valence-electron chi connectivity index (χ0n) is 15.9. The number of aliphatic hydroxyl groups is 1. The Hall–Kier alpha value is -0.120. The number of aliphatic hydroxyl groups excluding tert-OH is 1. The molecular weight excluding hydrogens is 284 g/mol. The summed E-state index contributed by atoms with van der Waals surface area (Å²) in [6, 6.07) is 0. The molecule has 0 aromatic rings. The third kappa shape index (κ3) is 5.17. The second-order valence-corrected chi connectivity index (χ2v) is 8.26. The zero-order valence-corrected chi connectivity index (χ0v) is 15.9. The number of hydrogen-bond donors (Lipinski definition) is 1. The SMILES string of the molecule is CC[N+]1(CCCCCC(O)[N+]2(CC)CCCCC2)CCCCC1. The highest BCUT2D eigenvalue weighted by Gasteiger charge is 2.35. The number of unbranched alkanes of at least 4 members (excludes halogenated alkanes) is 2. The molecule has 1 N–H and O–H groups in total. The monoisotopic (exact) mass is 326 g/mol. The van der Waals surface area contributed by atoms with E-state index >= 15 is 0 Å². The molecule has 2 aliphatic rings. The van der Waals surface area contributed by atoms with Gasteiger partial charge in [-0.3, -0.25) is 4.48 Å². The van der Waals surface area contributed by atoms with Crippen molar-refractivity contribution < 1.29 is 14.1 Å². The van der Waals surface area contributed by atoms with E-state index in [1.54, 1.807) is 0 Å². The quantitative estimate of drug-likeness (QED) is 0.503. The maximum absolute atomic E-state index is 10.7. The fourth-order valence-corrected chi connectivity index (χ4v) is 5.07. The maximum atomic E-state index is 10.7. The number of nitrogens with zero attached hydrogens (tertiary/aromatic N) is 2. The first-order valence-electron chi connectivity index (χ1n) is 10.6. The predicted molar refractivity (Wildman–Crippen MR) is 98.1 cm³/mol. The van der Waals surface area contributed by atoms with Gasteiger partial charge in [0.2, 0.25) is 0 Å². The fraction of sp³-hybridized carbons (Fsp3) is 1.00. The maximum Gasteiger partial charge on any atom is 0.190 e. The molecule has 0 bridgehead atoms. The lowest BCUT2D eigenvalue weighted by Crippen LogP contribution is -2.58. The minimum Gasteiger partial charge on any atom is -0.345 e. The molecule has 1 unspecified atom stereocenters. The van der Waals surface area contributed by atoms with Crippen molar-refractivity contribution in [3.8, 4) is 0 Å². The number of likely N-dealkylation sites (tertiary alicyclic amines) is 2. The molecule has 3 heteroatoms. The van der Waals surface area contributed by atoms with E-state index in [2.05, 4.69) is 13.8 Å². The average Bonchev–Trinajstić information content (AvgIpc) is 2.62. The van der Waals surface area contributed by atoms with Gasteiger partial charge in [0.05, 0.1) is 45.8 Å².